The van der Waals surface area contributed by atoms with Gasteiger partial charge in [0.2, 0.25) is 0 Å². The SMILES string of the molecule is COC(C)(C)CCC(O)c1ccc(F)c(Br)c1. The second kappa shape index (κ2) is 5.94. The van der Waals surface area contributed by atoms with Gasteiger partial charge in [-0.25, -0.2) is 4.39 Å². The standard InChI is InChI=1S/C13H18BrFO2/c1-13(2,17-3)7-6-12(16)9-4-5-11(15)10(14)8-9/h4-5,8,12,16H,6-7H2,1-3H3. The van der Waals surface area contributed by atoms with Crippen LogP contribution in [-0.2, 0) is 4.74 Å². The van der Waals surface area contributed by atoms with Crippen LogP contribution in [0.3, 0.4) is 0 Å². The number of rotatable bonds is 5. The third-order valence-corrected chi connectivity index (χ3v) is 3.51. The first-order valence-electron chi connectivity index (χ1n) is 5.54. The van der Waals surface area contributed by atoms with Crippen LogP contribution in [0.4, 0.5) is 4.39 Å². The molecule has 0 aliphatic heterocycles. The van der Waals surface area contributed by atoms with Gasteiger partial charge in [0.1, 0.15) is 5.82 Å². The van der Waals surface area contributed by atoms with E-state index in [1.807, 2.05) is 13.8 Å². The van der Waals surface area contributed by atoms with Gasteiger partial charge in [0.05, 0.1) is 16.2 Å². The number of hydrogen-bond acceptors (Lipinski definition) is 2. The second-order valence-electron chi connectivity index (χ2n) is 4.69. The molecule has 0 saturated carbocycles. The van der Waals surface area contributed by atoms with Crippen LogP contribution >= 0.6 is 15.9 Å². The van der Waals surface area contributed by atoms with Crippen molar-refractivity contribution in [3.63, 3.8) is 0 Å². The molecule has 17 heavy (non-hydrogen) atoms. The minimum Gasteiger partial charge on any atom is -0.388 e. The molecule has 2 nitrogen and oxygen atoms in total. The molecule has 4 heteroatoms. The minimum atomic E-state index is -0.596. The van der Waals surface area contributed by atoms with E-state index in [9.17, 15) is 9.50 Å². The predicted octanol–water partition coefficient (Wildman–Crippen LogP) is 3.83. The van der Waals surface area contributed by atoms with Crippen LogP contribution in [0.2, 0.25) is 0 Å². The highest BCUT2D eigenvalue weighted by molar-refractivity contribution is 9.10. The van der Waals surface area contributed by atoms with E-state index in [0.29, 0.717) is 16.5 Å². The molecule has 0 fully saturated rings. The Morgan fingerprint density at radius 1 is 1.47 bits per heavy atom. The fraction of sp³-hybridized carbons (Fsp3) is 0.538. The van der Waals surface area contributed by atoms with Crippen molar-refractivity contribution in [3.8, 4) is 0 Å². The van der Waals surface area contributed by atoms with E-state index in [-0.39, 0.29) is 11.4 Å². The zero-order chi connectivity index (χ0) is 13.1. The quantitative estimate of drug-likeness (QED) is 0.896. The smallest absolute Gasteiger partial charge is 0.137 e. The number of halogens is 2. The van der Waals surface area contributed by atoms with Crippen molar-refractivity contribution in [1.82, 2.24) is 0 Å². The molecule has 0 aliphatic rings. The molecule has 0 amide bonds. The highest BCUT2D eigenvalue weighted by atomic mass is 79.9. The van der Waals surface area contributed by atoms with Gasteiger partial charge in [-0.2, -0.15) is 0 Å². The van der Waals surface area contributed by atoms with Gasteiger partial charge in [-0.3, -0.25) is 0 Å². The molecule has 0 aliphatic carbocycles. The molecule has 0 heterocycles. The Labute approximate surface area is 110 Å². The summed E-state index contributed by atoms with van der Waals surface area (Å²) in [5.41, 5.74) is 0.461. The number of benzene rings is 1. The first-order chi connectivity index (χ1) is 7.85. The summed E-state index contributed by atoms with van der Waals surface area (Å²) in [5.74, 6) is -0.321. The number of methoxy groups -OCH3 is 1. The molecule has 1 atom stereocenters. The Balaban J connectivity index is 2.64. The summed E-state index contributed by atoms with van der Waals surface area (Å²) < 4.78 is 18.7. The van der Waals surface area contributed by atoms with Crippen LogP contribution in [-0.4, -0.2) is 17.8 Å². The van der Waals surface area contributed by atoms with E-state index < -0.39 is 6.10 Å². The van der Waals surface area contributed by atoms with Crippen molar-refractivity contribution < 1.29 is 14.2 Å². The molecule has 1 unspecified atom stereocenters. The summed E-state index contributed by atoms with van der Waals surface area (Å²) in [6.07, 6.45) is 0.722. The van der Waals surface area contributed by atoms with Crippen molar-refractivity contribution in [2.45, 2.75) is 38.4 Å². The highest BCUT2D eigenvalue weighted by Crippen LogP contribution is 2.27. The number of hydrogen-bond donors (Lipinski definition) is 1. The van der Waals surface area contributed by atoms with Crippen LogP contribution < -0.4 is 0 Å². The lowest BCUT2D eigenvalue weighted by molar-refractivity contribution is 0.00278. The van der Waals surface area contributed by atoms with Crippen LogP contribution in [0.15, 0.2) is 22.7 Å². The van der Waals surface area contributed by atoms with Gasteiger partial charge in [-0.15, -0.1) is 0 Å². The van der Waals surface area contributed by atoms with Crippen molar-refractivity contribution >= 4 is 15.9 Å². The third-order valence-electron chi connectivity index (χ3n) is 2.90. The van der Waals surface area contributed by atoms with Crippen molar-refractivity contribution in [1.29, 1.82) is 0 Å². The van der Waals surface area contributed by atoms with Gasteiger partial charge >= 0.3 is 0 Å². The van der Waals surface area contributed by atoms with Crippen molar-refractivity contribution in [3.05, 3.63) is 34.1 Å². The van der Waals surface area contributed by atoms with E-state index in [1.54, 1.807) is 19.2 Å². The van der Waals surface area contributed by atoms with Gasteiger partial charge in [-0.05, 0) is 60.3 Å². The number of ether oxygens (including phenoxy) is 1. The van der Waals surface area contributed by atoms with Crippen molar-refractivity contribution in [2.75, 3.05) is 7.11 Å². The Hall–Kier alpha value is -0.450. The predicted molar refractivity (Wildman–Crippen MR) is 69.4 cm³/mol. The normalized spacial score (nSPS) is 13.8. The molecule has 0 radical (unpaired) electrons. The molecule has 1 rings (SSSR count). The van der Waals surface area contributed by atoms with Gasteiger partial charge < -0.3 is 9.84 Å². The molecule has 0 aromatic heterocycles. The van der Waals surface area contributed by atoms with Crippen molar-refractivity contribution in [2.24, 2.45) is 0 Å². The van der Waals surface area contributed by atoms with Crippen LogP contribution in [0.1, 0.15) is 38.4 Å². The zero-order valence-corrected chi connectivity index (χ0v) is 11.9. The summed E-state index contributed by atoms with van der Waals surface area (Å²) >= 11 is 3.11. The summed E-state index contributed by atoms with van der Waals surface area (Å²) in [6, 6.07) is 4.56. The Bertz CT molecular complexity index is 380. The highest BCUT2D eigenvalue weighted by Gasteiger charge is 2.19. The molecular formula is C13H18BrFO2. The third kappa shape index (κ3) is 4.37. The van der Waals surface area contributed by atoms with Gasteiger partial charge in [-0.1, -0.05) is 6.07 Å². The summed E-state index contributed by atoms with van der Waals surface area (Å²) in [6.45, 7) is 3.95. The molecule has 0 saturated heterocycles. The molecule has 1 N–H and O–H groups in total. The topological polar surface area (TPSA) is 29.5 Å². The number of aliphatic hydroxyl groups excluding tert-OH is 1. The Morgan fingerprint density at radius 3 is 2.65 bits per heavy atom. The fourth-order valence-corrected chi connectivity index (χ4v) is 1.87. The van der Waals surface area contributed by atoms with E-state index >= 15 is 0 Å². The molecule has 0 spiro atoms. The largest absolute Gasteiger partial charge is 0.388 e. The Morgan fingerprint density at radius 2 is 2.12 bits per heavy atom. The summed E-state index contributed by atoms with van der Waals surface area (Å²) in [4.78, 5) is 0. The number of aliphatic hydroxyl groups is 1. The summed E-state index contributed by atoms with van der Waals surface area (Å²) in [5, 5.41) is 10.00. The van der Waals surface area contributed by atoms with Crippen LogP contribution in [0.5, 0.6) is 0 Å². The summed E-state index contributed by atoms with van der Waals surface area (Å²) in [7, 11) is 1.65. The van der Waals surface area contributed by atoms with Gasteiger partial charge in [0.25, 0.3) is 0 Å². The zero-order valence-electron chi connectivity index (χ0n) is 10.3. The lowest BCUT2D eigenvalue weighted by Crippen LogP contribution is -2.23. The van der Waals surface area contributed by atoms with Crippen LogP contribution in [0.25, 0.3) is 0 Å². The Kier molecular flexibility index (Phi) is 5.10. The monoisotopic (exact) mass is 304 g/mol. The van der Waals surface area contributed by atoms with E-state index in [0.717, 1.165) is 6.42 Å². The molecule has 1 aromatic carbocycles. The van der Waals surface area contributed by atoms with Gasteiger partial charge in [0.15, 0.2) is 0 Å². The van der Waals surface area contributed by atoms with E-state index in [2.05, 4.69) is 15.9 Å². The molecule has 1 aromatic rings. The second-order valence-corrected chi connectivity index (χ2v) is 5.55. The van der Waals surface area contributed by atoms with Gasteiger partial charge in [0, 0.05) is 7.11 Å². The molecule has 0 bridgehead atoms. The lowest BCUT2D eigenvalue weighted by atomic mass is 9.97. The first kappa shape index (κ1) is 14.6. The van der Waals surface area contributed by atoms with Crippen LogP contribution in [0, 0.1) is 5.82 Å². The fourth-order valence-electron chi connectivity index (χ4n) is 1.47. The maximum absolute atomic E-state index is 13.0. The average molecular weight is 305 g/mol. The first-order valence-corrected chi connectivity index (χ1v) is 6.33. The maximum atomic E-state index is 13.0. The average Bonchev–Trinajstić information content (AvgIpc) is 2.30. The lowest BCUT2D eigenvalue weighted by Gasteiger charge is -2.24. The van der Waals surface area contributed by atoms with E-state index in [4.69, 9.17) is 4.74 Å². The maximum Gasteiger partial charge on any atom is 0.137 e. The molecular weight excluding hydrogens is 287 g/mol. The minimum absolute atomic E-state index is 0.252. The molecule has 96 valence electrons. The van der Waals surface area contributed by atoms with E-state index in [1.165, 1.54) is 6.07 Å².